The predicted molar refractivity (Wildman–Crippen MR) is 109 cm³/mol. The molecule has 6 heteroatoms. The molecule has 0 radical (unpaired) electrons. The first-order chi connectivity index (χ1) is 13.1. The van der Waals surface area contributed by atoms with Crippen molar-refractivity contribution in [2.45, 2.75) is 38.6 Å². The second kappa shape index (κ2) is 11.5. The number of anilines is 1. The van der Waals surface area contributed by atoms with E-state index in [2.05, 4.69) is 24.1 Å². The molecule has 0 atom stereocenters. The van der Waals surface area contributed by atoms with E-state index < -0.39 is 0 Å². The van der Waals surface area contributed by atoms with E-state index in [4.69, 9.17) is 21.5 Å². The van der Waals surface area contributed by atoms with Gasteiger partial charge in [0.15, 0.2) is 0 Å². The largest absolute Gasteiger partial charge is 0.494 e. The molecule has 0 aliphatic heterocycles. The summed E-state index contributed by atoms with van der Waals surface area (Å²) < 4.78 is 5.77. The maximum atomic E-state index is 10.9. The van der Waals surface area contributed by atoms with Crippen molar-refractivity contribution in [1.29, 1.82) is 0 Å². The molecule has 2 aromatic rings. The monoisotopic (exact) mass is 390 g/mol. The molecular formula is C21H27ClN2O3. The molecule has 0 heterocycles. The lowest BCUT2D eigenvalue weighted by Crippen LogP contribution is -2.17. The number of carbonyl (C=O) groups excluding carboxylic acids is 1. The molecule has 0 aromatic heterocycles. The average molecular weight is 391 g/mol. The molecule has 5 nitrogen and oxygen atoms in total. The maximum Gasteiger partial charge on any atom is 0.243 e. The lowest BCUT2D eigenvalue weighted by atomic mass is 10.1. The van der Waals surface area contributed by atoms with Crippen molar-refractivity contribution >= 4 is 23.2 Å². The lowest BCUT2D eigenvalue weighted by molar-refractivity contribution is -0.129. The fourth-order valence-electron chi connectivity index (χ4n) is 2.74. The van der Waals surface area contributed by atoms with E-state index >= 15 is 0 Å². The quantitative estimate of drug-likeness (QED) is 0.328. The Labute approximate surface area is 165 Å². The number of hydrogen-bond acceptors (Lipinski definition) is 4. The smallest absolute Gasteiger partial charge is 0.243 e. The van der Waals surface area contributed by atoms with Crippen LogP contribution in [0.5, 0.6) is 5.75 Å². The molecule has 2 rings (SSSR count). The topological polar surface area (TPSA) is 61.8 Å². The molecule has 0 unspecified atom stereocenters. The van der Waals surface area contributed by atoms with E-state index in [1.54, 1.807) is 5.48 Å². The Kier molecular flexibility index (Phi) is 8.95. The number of ether oxygens (including phenoxy) is 1. The van der Waals surface area contributed by atoms with Crippen LogP contribution in [0.4, 0.5) is 5.69 Å². The Morgan fingerprint density at radius 2 is 1.70 bits per heavy atom. The van der Waals surface area contributed by atoms with Crippen LogP contribution in [0.15, 0.2) is 48.5 Å². The fraction of sp³-hybridized carbons (Fsp3) is 0.381. The van der Waals surface area contributed by atoms with Crippen LogP contribution in [0.2, 0.25) is 5.02 Å². The van der Waals surface area contributed by atoms with Gasteiger partial charge in [-0.2, -0.15) is 0 Å². The average Bonchev–Trinajstić information content (AvgIpc) is 2.69. The summed E-state index contributed by atoms with van der Waals surface area (Å²) in [6, 6.07) is 16.0. The van der Waals surface area contributed by atoms with Gasteiger partial charge in [-0.1, -0.05) is 36.6 Å². The van der Waals surface area contributed by atoms with Crippen molar-refractivity contribution in [3.63, 3.8) is 0 Å². The Morgan fingerprint density at radius 1 is 1.04 bits per heavy atom. The van der Waals surface area contributed by atoms with Gasteiger partial charge in [0.1, 0.15) is 5.75 Å². The lowest BCUT2D eigenvalue weighted by Gasteiger charge is -2.20. The summed E-state index contributed by atoms with van der Waals surface area (Å²) in [6.07, 6.45) is 4.04. The van der Waals surface area contributed by atoms with Crippen molar-refractivity contribution in [2.75, 3.05) is 18.6 Å². The van der Waals surface area contributed by atoms with Crippen LogP contribution in [0, 0.1) is 0 Å². The summed E-state index contributed by atoms with van der Waals surface area (Å²) in [5.41, 5.74) is 3.98. The molecule has 0 bridgehead atoms. The number of nitrogens with zero attached hydrogens (tertiary/aromatic N) is 1. The highest BCUT2D eigenvalue weighted by Crippen LogP contribution is 2.21. The number of nitrogens with one attached hydrogen (secondary N) is 1. The molecule has 0 spiro atoms. The van der Waals surface area contributed by atoms with Crippen LogP contribution < -0.4 is 15.1 Å². The number of hydrogen-bond donors (Lipinski definition) is 2. The van der Waals surface area contributed by atoms with Crippen molar-refractivity contribution in [3.05, 3.63) is 59.1 Å². The Morgan fingerprint density at radius 3 is 2.37 bits per heavy atom. The summed E-state index contributed by atoms with van der Waals surface area (Å²) in [6.45, 7) is 1.47. The van der Waals surface area contributed by atoms with Crippen LogP contribution in [0.25, 0.3) is 0 Å². The van der Waals surface area contributed by atoms with E-state index in [1.165, 1.54) is 5.56 Å². The van der Waals surface area contributed by atoms with Gasteiger partial charge in [-0.3, -0.25) is 10.0 Å². The first-order valence-electron chi connectivity index (χ1n) is 9.20. The third kappa shape index (κ3) is 7.89. The van der Waals surface area contributed by atoms with Crippen LogP contribution in [-0.4, -0.2) is 24.8 Å². The normalized spacial score (nSPS) is 10.5. The molecule has 0 saturated carbocycles. The van der Waals surface area contributed by atoms with Crippen LogP contribution in [0.1, 0.15) is 37.7 Å². The number of unbranched alkanes of at least 4 members (excludes halogenated alkanes) is 3. The highest BCUT2D eigenvalue weighted by molar-refractivity contribution is 6.30. The fourth-order valence-corrected chi connectivity index (χ4v) is 2.86. The van der Waals surface area contributed by atoms with Crippen molar-refractivity contribution in [2.24, 2.45) is 0 Å². The Balaban J connectivity index is 1.67. The molecule has 146 valence electrons. The summed E-state index contributed by atoms with van der Waals surface area (Å²) in [7, 11) is 2.06. The van der Waals surface area contributed by atoms with Gasteiger partial charge < -0.3 is 9.64 Å². The van der Waals surface area contributed by atoms with Crippen LogP contribution in [-0.2, 0) is 11.3 Å². The first kappa shape index (κ1) is 21.1. The minimum absolute atomic E-state index is 0.327. The summed E-state index contributed by atoms with van der Waals surface area (Å²) in [5.74, 6) is 0.533. The number of benzene rings is 2. The van der Waals surface area contributed by atoms with E-state index in [1.807, 2.05) is 36.4 Å². The third-order valence-electron chi connectivity index (χ3n) is 4.30. The van der Waals surface area contributed by atoms with Gasteiger partial charge >= 0.3 is 0 Å². The Bertz CT molecular complexity index is 690. The molecule has 27 heavy (non-hydrogen) atoms. The third-order valence-corrected chi connectivity index (χ3v) is 4.55. The van der Waals surface area contributed by atoms with Gasteiger partial charge in [0.05, 0.1) is 6.61 Å². The van der Waals surface area contributed by atoms with Gasteiger partial charge in [0, 0.05) is 30.7 Å². The zero-order valence-corrected chi connectivity index (χ0v) is 16.4. The molecule has 1 amide bonds. The first-order valence-corrected chi connectivity index (χ1v) is 9.57. The molecular weight excluding hydrogens is 364 g/mol. The zero-order chi connectivity index (χ0) is 19.5. The molecule has 0 aliphatic carbocycles. The number of rotatable bonds is 11. The van der Waals surface area contributed by atoms with Gasteiger partial charge in [0.25, 0.3) is 0 Å². The number of halogens is 1. The highest BCUT2D eigenvalue weighted by atomic mass is 35.5. The summed E-state index contributed by atoms with van der Waals surface area (Å²) in [5, 5.41) is 9.16. The summed E-state index contributed by atoms with van der Waals surface area (Å²) in [4.78, 5) is 13.1. The number of hydroxylamine groups is 1. The predicted octanol–water partition coefficient (Wildman–Crippen LogP) is 4.81. The van der Waals surface area contributed by atoms with E-state index in [0.29, 0.717) is 13.0 Å². The van der Waals surface area contributed by atoms with Gasteiger partial charge in [-0.05, 0) is 54.8 Å². The second-order valence-electron chi connectivity index (χ2n) is 6.52. The van der Waals surface area contributed by atoms with Crippen molar-refractivity contribution in [3.8, 4) is 5.75 Å². The zero-order valence-electron chi connectivity index (χ0n) is 15.7. The van der Waals surface area contributed by atoms with Crippen LogP contribution in [0.3, 0.4) is 0 Å². The van der Waals surface area contributed by atoms with E-state index in [0.717, 1.165) is 48.7 Å². The van der Waals surface area contributed by atoms with E-state index in [-0.39, 0.29) is 5.91 Å². The SMILES string of the molecule is CN(Cc1ccc(Cl)cc1)c1ccc(OCCCCCCC(=O)NO)cc1. The molecule has 2 aromatic carbocycles. The maximum absolute atomic E-state index is 10.9. The van der Waals surface area contributed by atoms with Crippen molar-refractivity contribution < 1.29 is 14.7 Å². The second-order valence-corrected chi connectivity index (χ2v) is 6.96. The van der Waals surface area contributed by atoms with Crippen LogP contribution >= 0.6 is 11.6 Å². The van der Waals surface area contributed by atoms with E-state index in [9.17, 15) is 4.79 Å². The molecule has 0 fully saturated rings. The minimum Gasteiger partial charge on any atom is -0.494 e. The molecule has 0 saturated heterocycles. The van der Waals surface area contributed by atoms with Crippen molar-refractivity contribution in [1.82, 2.24) is 5.48 Å². The minimum atomic E-state index is -0.327. The molecule has 2 N–H and O–H groups in total. The molecule has 0 aliphatic rings. The Hall–Kier alpha value is -2.24. The van der Waals surface area contributed by atoms with Gasteiger partial charge in [-0.15, -0.1) is 0 Å². The summed E-state index contributed by atoms with van der Waals surface area (Å²) >= 11 is 5.93. The standard InChI is InChI=1S/C21H27ClN2O3/c1-24(16-17-7-9-18(22)10-8-17)19-11-13-20(14-12-19)27-15-5-3-2-4-6-21(25)23-26/h7-14,26H,2-6,15-16H2,1H3,(H,23,25). The number of amides is 1. The van der Waals surface area contributed by atoms with Gasteiger partial charge in [0.2, 0.25) is 5.91 Å². The van der Waals surface area contributed by atoms with Gasteiger partial charge in [-0.25, -0.2) is 5.48 Å². The highest BCUT2D eigenvalue weighted by Gasteiger charge is 2.03. The number of carbonyl (C=O) groups is 1.